The van der Waals surface area contributed by atoms with Crippen molar-refractivity contribution in [1.82, 2.24) is 9.88 Å². The maximum absolute atomic E-state index is 5.34. The van der Waals surface area contributed by atoms with Crippen LogP contribution < -0.4 is 9.64 Å². The Hall–Kier alpha value is -2.46. The summed E-state index contributed by atoms with van der Waals surface area (Å²) >= 11 is 0. The quantitative estimate of drug-likeness (QED) is 0.759. The molecule has 1 aliphatic heterocycles. The molecular formula is C22H27N3O. The van der Waals surface area contributed by atoms with E-state index in [2.05, 4.69) is 70.2 Å². The molecule has 0 radical (unpaired) electrons. The van der Waals surface area contributed by atoms with Crippen LogP contribution in [0.25, 0.3) is 10.9 Å². The first kappa shape index (κ1) is 17.0. The molecule has 0 bridgehead atoms. The molecular weight excluding hydrogens is 322 g/mol. The van der Waals surface area contributed by atoms with Gasteiger partial charge in [-0.15, -0.1) is 0 Å². The summed E-state index contributed by atoms with van der Waals surface area (Å²) in [6, 6.07) is 17.1. The number of hydrogen-bond donors (Lipinski definition) is 1. The van der Waals surface area contributed by atoms with Crippen LogP contribution in [0.5, 0.6) is 5.75 Å². The molecule has 2 aromatic carbocycles. The molecule has 4 rings (SSSR count). The number of nitrogens with one attached hydrogen (secondary N) is 1. The highest BCUT2D eigenvalue weighted by molar-refractivity contribution is 5.85. The Kier molecular flexibility index (Phi) is 4.85. The second-order valence-corrected chi connectivity index (χ2v) is 7.05. The zero-order valence-corrected chi connectivity index (χ0v) is 15.7. The predicted molar refractivity (Wildman–Crippen MR) is 108 cm³/mol. The van der Waals surface area contributed by atoms with Gasteiger partial charge in [0.15, 0.2) is 0 Å². The van der Waals surface area contributed by atoms with E-state index < -0.39 is 0 Å². The van der Waals surface area contributed by atoms with E-state index in [0.717, 1.165) is 44.9 Å². The first-order valence-electron chi connectivity index (χ1n) is 9.42. The van der Waals surface area contributed by atoms with Crippen molar-refractivity contribution in [3.8, 4) is 5.75 Å². The molecule has 26 heavy (non-hydrogen) atoms. The van der Waals surface area contributed by atoms with E-state index in [1.807, 2.05) is 0 Å². The highest BCUT2D eigenvalue weighted by Crippen LogP contribution is 2.26. The van der Waals surface area contributed by atoms with Crippen molar-refractivity contribution in [2.45, 2.75) is 13.3 Å². The summed E-state index contributed by atoms with van der Waals surface area (Å²) in [6.07, 6.45) is 1.09. The average molecular weight is 349 g/mol. The van der Waals surface area contributed by atoms with E-state index in [4.69, 9.17) is 4.74 Å². The lowest BCUT2D eigenvalue weighted by Gasteiger charge is -2.36. The highest BCUT2D eigenvalue weighted by Gasteiger charge is 2.18. The number of aryl methyl sites for hydroxylation is 1. The molecule has 1 fully saturated rings. The molecule has 0 saturated carbocycles. The van der Waals surface area contributed by atoms with Gasteiger partial charge < -0.3 is 14.6 Å². The molecule has 0 atom stereocenters. The standard InChI is InChI=1S/C22H27N3O/c1-17-20(21-9-8-19(26-2)16-22(21)23-17)10-11-24-12-14-25(15-13-24)18-6-4-3-5-7-18/h3-9,16,23H,10-15H2,1-2H3. The zero-order valence-electron chi connectivity index (χ0n) is 15.7. The molecule has 4 nitrogen and oxygen atoms in total. The number of para-hydroxylation sites is 1. The maximum atomic E-state index is 5.34. The number of rotatable bonds is 5. The summed E-state index contributed by atoms with van der Waals surface area (Å²) in [6.45, 7) is 7.76. The highest BCUT2D eigenvalue weighted by atomic mass is 16.5. The topological polar surface area (TPSA) is 31.5 Å². The summed E-state index contributed by atoms with van der Waals surface area (Å²) in [5.74, 6) is 0.905. The van der Waals surface area contributed by atoms with Gasteiger partial charge in [0.2, 0.25) is 0 Å². The van der Waals surface area contributed by atoms with Crippen molar-refractivity contribution < 1.29 is 4.74 Å². The van der Waals surface area contributed by atoms with E-state index in [1.165, 1.54) is 27.8 Å². The monoisotopic (exact) mass is 349 g/mol. The van der Waals surface area contributed by atoms with Crippen LogP contribution in [0.4, 0.5) is 5.69 Å². The van der Waals surface area contributed by atoms with Gasteiger partial charge in [0, 0.05) is 61.1 Å². The molecule has 1 saturated heterocycles. The van der Waals surface area contributed by atoms with Gasteiger partial charge in [0.05, 0.1) is 7.11 Å². The number of ether oxygens (including phenoxy) is 1. The van der Waals surface area contributed by atoms with Gasteiger partial charge in [-0.3, -0.25) is 4.90 Å². The van der Waals surface area contributed by atoms with Gasteiger partial charge in [-0.1, -0.05) is 18.2 Å². The van der Waals surface area contributed by atoms with Crippen LogP contribution in [-0.2, 0) is 6.42 Å². The van der Waals surface area contributed by atoms with Crippen LogP contribution in [0.15, 0.2) is 48.5 Å². The van der Waals surface area contributed by atoms with Gasteiger partial charge in [0.1, 0.15) is 5.75 Å². The summed E-state index contributed by atoms with van der Waals surface area (Å²) in [5, 5.41) is 1.33. The number of aromatic amines is 1. The minimum absolute atomic E-state index is 0.905. The summed E-state index contributed by atoms with van der Waals surface area (Å²) in [4.78, 5) is 8.58. The first-order chi connectivity index (χ1) is 12.7. The second-order valence-electron chi connectivity index (χ2n) is 7.05. The fourth-order valence-corrected chi connectivity index (χ4v) is 3.96. The molecule has 4 heteroatoms. The van der Waals surface area contributed by atoms with Crippen molar-refractivity contribution in [1.29, 1.82) is 0 Å². The number of benzene rings is 2. The van der Waals surface area contributed by atoms with Gasteiger partial charge >= 0.3 is 0 Å². The number of methoxy groups -OCH3 is 1. The SMILES string of the molecule is COc1ccc2c(CCN3CCN(c4ccccc4)CC3)c(C)[nH]c2c1. The van der Waals surface area contributed by atoms with E-state index >= 15 is 0 Å². The molecule has 1 N–H and O–H groups in total. The molecule has 0 amide bonds. The normalized spacial score (nSPS) is 15.5. The minimum Gasteiger partial charge on any atom is -0.497 e. The van der Waals surface area contributed by atoms with E-state index in [1.54, 1.807) is 7.11 Å². The lowest BCUT2D eigenvalue weighted by Crippen LogP contribution is -2.47. The molecule has 2 heterocycles. The van der Waals surface area contributed by atoms with Crippen LogP contribution in [0.1, 0.15) is 11.3 Å². The summed E-state index contributed by atoms with van der Waals surface area (Å²) < 4.78 is 5.34. The average Bonchev–Trinajstić information content (AvgIpc) is 3.01. The summed E-state index contributed by atoms with van der Waals surface area (Å²) in [5.41, 5.74) is 5.23. The Morgan fingerprint density at radius 2 is 1.77 bits per heavy atom. The molecule has 3 aromatic rings. The summed E-state index contributed by atoms with van der Waals surface area (Å²) in [7, 11) is 1.72. The Balaban J connectivity index is 1.38. The van der Waals surface area contributed by atoms with Crippen molar-refractivity contribution in [3.05, 3.63) is 59.8 Å². The fourth-order valence-electron chi connectivity index (χ4n) is 3.96. The first-order valence-corrected chi connectivity index (χ1v) is 9.42. The Morgan fingerprint density at radius 1 is 1.00 bits per heavy atom. The van der Waals surface area contributed by atoms with Gasteiger partial charge in [-0.25, -0.2) is 0 Å². The van der Waals surface area contributed by atoms with E-state index in [9.17, 15) is 0 Å². The number of H-pyrrole nitrogens is 1. The number of piperazine rings is 1. The number of nitrogens with zero attached hydrogens (tertiary/aromatic N) is 2. The van der Waals surface area contributed by atoms with Crippen molar-refractivity contribution in [2.75, 3.05) is 44.7 Å². The Bertz CT molecular complexity index is 864. The smallest absolute Gasteiger partial charge is 0.120 e. The number of fused-ring (bicyclic) bond motifs is 1. The van der Waals surface area contributed by atoms with Gasteiger partial charge in [-0.2, -0.15) is 0 Å². The molecule has 1 aliphatic rings. The van der Waals surface area contributed by atoms with E-state index in [0.29, 0.717) is 0 Å². The fraction of sp³-hybridized carbons (Fsp3) is 0.364. The predicted octanol–water partition coefficient (Wildman–Crippen LogP) is 3.85. The third-order valence-electron chi connectivity index (χ3n) is 5.50. The van der Waals surface area contributed by atoms with Crippen LogP contribution in [0.3, 0.4) is 0 Å². The largest absolute Gasteiger partial charge is 0.497 e. The lowest BCUT2D eigenvalue weighted by atomic mass is 10.1. The maximum Gasteiger partial charge on any atom is 0.120 e. The number of anilines is 1. The second kappa shape index (κ2) is 7.42. The van der Waals surface area contributed by atoms with Crippen LogP contribution in [0, 0.1) is 6.92 Å². The molecule has 0 spiro atoms. The Morgan fingerprint density at radius 3 is 2.50 bits per heavy atom. The van der Waals surface area contributed by atoms with Crippen molar-refractivity contribution >= 4 is 16.6 Å². The third-order valence-corrected chi connectivity index (χ3v) is 5.50. The Labute approximate surface area is 155 Å². The number of hydrogen-bond acceptors (Lipinski definition) is 3. The van der Waals surface area contributed by atoms with Gasteiger partial charge in [0.25, 0.3) is 0 Å². The third kappa shape index (κ3) is 3.42. The lowest BCUT2D eigenvalue weighted by molar-refractivity contribution is 0.261. The van der Waals surface area contributed by atoms with Crippen molar-refractivity contribution in [2.24, 2.45) is 0 Å². The van der Waals surface area contributed by atoms with Crippen LogP contribution in [-0.4, -0.2) is 49.7 Å². The molecule has 0 unspecified atom stereocenters. The van der Waals surface area contributed by atoms with Crippen molar-refractivity contribution in [3.63, 3.8) is 0 Å². The minimum atomic E-state index is 0.905. The van der Waals surface area contributed by atoms with Crippen LogP contribution >= 0.6 is 0 Å². The molecule has 0 aliphatic carbocycles. The molecule has 136 valence electrons. The van der Waals surface area contributed by atoms with Gasteiger partial charge in [-0.05, 0) is 43.2 Å². The number of aromatic nitrogens is 1. The zero-order chi connectivity index (χ0) is 17.9. The van der Waals surface area contributed by atoms with E-state index in [-0.39, 0.29) is 0 Å². The molecule has 1 aromatic heterocycles. The van der Waals surface area contributed by atoms with Crippen LogP contribution in [0.2, 0.25) is 0 Å².